The second-order valence-electron chi connectivity index (χ2n) is 4.96. The highest BCUT2D eigenvalue weighted by Gasteiger charge is 2.43. The van der Waals surface area contributed by atoms with Gasteiger partial charge in [0.15, 0.2) is 0 Å². The zero-order valence-corrected chi connectivity index (χ0v) is 12.7. The van der Waals surface area contributed by atoms with E-state index in [1.54, 1.807) is 13.8 Å². The van der Waals surface area contributed by atoms with Crippen molar-refractivity contribution in [1.29, 1.82) is 0 Å². The molecule has 0 aromatic rings. The van der Waals surface area contributed by atoms with E-state index in [-0.39, 0.29) is 0 Å². The number of allylic oxidation sites excluding steroid dienone is 3. The van der Waals surface area contributed by atoms with Gasteiger partial charge < -0.3 is 4.52 Å². The number of phosphoric acid groups is 1. The summed E-state index contributed by atoms with van der Waals surface area (Å²) in [6.45, 7) is 7.99. The van der Waals surface area contributed by atoms with Gasteiger partial charge in [-0.1, -0.05) is 6.08 Å². The molecule has 0 saturated heterocycles. The van der Waals surface area contributed by atoms with E-state index in [1.807, 2.05) is 6.08 Å². The smallest absolute Gasteiger partial charge is 0.408 e. The second-order valence-corrected chi connectivity index (χ2v) is 6.56. The predicted molar refractivity (Wildman–Crippen MR) is 74.6 cm³/mol. The molecule has 0 N–H and O–H groups in total. The minimum atomic E-state index is -3.45. The van der Waals surface area contributed by atoms with Crippen LogP contribution in [0.2, 0.25) is 0 Å². The summed E-state index contributed by atoms with van der Waals surface area (Å²) in [5.41, 5.74) is 1.24. The van der Waals surface area contributed by atoms with E-state index >= 15 is 0 Å². The number of fused-ring (bicyclic) bond motifs is 2. The highest BCUT2D eigenvalue weighted by atomic mass is 31.2. The van der Waals surface area contributed by atoms with Crippen LogP contribution < -0.4 is 0 Å². The van der Waals surface area contributed by atoms with Crippen LogP contribution in [0.1, 0.15) is 39.5 Å². The molecule has 2 aliphatic carbocycles. The molecule has 5 heteroatoms. The van der Waals surface area contributed by atoms with Gasteiger partial charge in [0.25, 0.3) is 0 Å². The first kappa shape index (κ1) is 14.8. The average molecular weight is 286 g/mol. The lowest BCUT2D eigenvalue weighted by Gasteiger charge is -2.24. The monoisotopic (exact) mass is 286 g/mol. The summed E-state index contributed by atoms with van der Waals surface area (Å²) in [5.74, 6) is 1.80. The lowest BCUT2D eigenvalue weighted by atomic mass is 9.95. The molecule has 108 valence electrons. The standard InChI is InChI=1S/C14H23O4P/c1-4-7-13-11-8-9-12(10-11)14(13)18-19(15,16-5-2)17-6-3/h4,11-12H,1,5-10H2,2-3H3/t11-,12+/m0/s1. The molecule has 0 amide bonds. The van der Waals surface area contributed by atoms with Crippen molar-refractivity contribution in [3.8, 4) is 0 Å². The Bertz CT molecular complexity index is 406. The Kier molecular flexibility index (Phi) is 4.88. The summed E-state index contributed by atoms with van der Waals surface area (Å²) in [7, 11) is -3.45. The third-order valence-corrected chi connectivity index (χ3v) is 5.33. The molecule has 1 saturated carbocycles. The Morgan fingerprint density at radius 1 is 1.26 bits per heavy atom. The molecule has 0 aromatic carbocycles. The highest BCUT2D eigenvalue weighted by Crippen LogP contribution is 2.58. The fraction of sp³-hybridized carbons (Fsp3) is 0.714. The van der Waals surface area contributed by atoms with Crippen LogP contribution in [-0.4, -0.2) is 13.2 Å². The lowest BCUT2D eigenvalue weighted by Crippen LogP contribution is -2.08. The first-order valence-electron chi connectivity index (χ1n) is 7.06. The molecule has 2 rings (SSSR count). The fourth-order valence-electron chi connectivity index (χ4n) is 3.08. The van der Waals surface area contributed by atoms with Gasteiger partial charge in [-0.3, -0.25) is 9.05 Å². The number of phosphoric ester groups is 1. The van der Waals surface area contributed by atoms with Gasteiger partial charge in [0.05, 0.1) is 13.2 Å². The van der Waals surface area contributed by atoms with E-state index < -0.39 is 7.82 Å². The molecule has 19 heavy (non-hydrogen) atoms. The van der Waals surface area contributed by atoms with Gasteiger partial charge in [-0.05, 0) is 51.0 Å². The van der Waals surface area contributed by atoms with Gasteiger partial charge in [0, 0.05) is 5.92 Å². The molecule has 0 heterocycles. The summed E-state index contributed by atoms with van der Waals surface area (Å²) >= 11 is 0. The van der Waals surface area contributed by atoms with Crippen molar-refractivity contribution in [3.05, 3.63) is 24.0 Å². The Balaban J connectivity index is 2.19. The highest BCUT2D eigenvalue weighted by molar-refractivity contribution is 7.48. The van der Waals surface area contributed by atoms with Crippen molar-refractivity contribution < 1.29 is 18.1 Å². The zero-order valence-electron chi connectivity index (χ0n) is 11.8. The topological polar surface area (TPSA) is 44.8 Å². The van der Waals surface area contributed by atoms with Crippen LogP contribution in [0.25, 0.3) is 0 Å². The molecule has 0 aromatic heterocycles. The van der Waals surface area contributed by atoms with Crippen molar-refractivity contribution in [3.63, 3.8) is 0 Å². The summed E-state index contributed by atoms with van der Waals surface area (Å²) < 4.78 is 28.6. The van der Waals surface area contributed by atoms with Crippen LogP contribution in [-0.2, 0) is 18.1 Å². The minimum Gasteiger partial charge on any atom is -0.408 e. The third kappa shape index (κ3) is 3.13. The van der Waals surface area contributed by atoms with Crippen LogP contribution in [0.15, 0.2) is 24.0 Å². The van der Waals surface area contributed by atoms with Crippen LogP contribution in [0.5, 0.6) is 0 Å². The first-order valence-corrected chi connectivity index (χ1v) is 8.52. The lowest BCUT2D eigenvalue weighted by molar-refractivity contribution is 0.137. The van der Waals surface area contributed by atoms with Crippen molar-refractivity contribution in [2.24, 2.45) is 11.8 Å². The quantitative estimate of drug-likeness (QED) is 0.488. The Hall–Kier alpha value is -0.570. The van der Waals surface area contributed by atoms with Gasteiger partial charge in [-0.2, -0.15) is 0 Å². The van der Waals surface area contributed by atoms with E-state index in [0.29, 0.717) is 25.0 Å². The molecule has 4 nitrogen and oxygen atoms in total. The fourth-order valence-corrected chi connectivity index (χ4v) is 4.40. The average Bonchev–Trinajstić information content (AvgIpc) is 2.93. The molecule has 0 spiro atoms. The van der Waals surface area contributed by atoms with E-state index in [0.717, 1.165) is 25.0 Å². The van der Waals surface area contributed by atoms with Crippen LogP contribution in [0.4, 0.5) is 0 Å². The van der Waals surface area contributed by atoms with Gasteiger partial charge in [0.2, 0.25) is 0 Å². The Morgan fingerprint density at radius 2 is 1.89 bits per heavy atom. The zero-order chi connectivity index (χ0) is 13.9. The molecule has 2 aliphatic rings. The second kappa shape index (κ2) is 6.25. The minimum absolute atomic E-state index is 0.315. The van der Waals surface area contributed by atoms with Gasteiger partial charge >= 0.3 is 7.82 Å². The van der Waals surface area contributed by atoms with Crippen molar-refractivity contribution in [2.45, 2.75) is 39.5 Å². The van der Waals surface area contributed by atoms with E-state index in [1.165, 1.54) is 12.0 Å². The summed E-state index contributed by atoms with van der Waals surface area (Å²) in [6.07, 6.45) is 6.10. The molecule has 0 aliphatic heterocycles. The van der Waals surface area contributed by atoms with Crippen molar-refractivity contribution >= 4 is 7.82 Å². The van der Waals surface area contributed by atoms with Gasteiger partial charge in [-0.15, -0.1) is 6.58 Å². The van der Waals surface area contributed by atoms with E-state index in [9.17, 15) is 4.57 Å². The molecule has 0 radical (unpaired) electrons. The summed E-state index contributed by atoms with van der Waals surface area (Å²) in [4.78, 5) is 0. The molecule has 2 bridgehead atoms. The number of hydrogen-bond acceptors (Lipinski definition) is 4. The summed E-state index contributed by atoms with van der Waals surface area (Å²) in [5, 5.41) is 0. The molecule has 2 atom stereocenters. The largest absolute Gasteiger partial charge is 0.529 e. The van der Waals surface area contributed by atoms with Crippen LogP contribution >= 0.6 is 7.82 Å². The van der Waals surface area contributed by atoms with Gasteiger partial charge in [0.1, 0.15) is 5.76 Å². The normalized spacial score (nSPS) is 26.0. The molecular weight excluding hydrogens is 263 g/mol. The van der Waals surface area contributed by atoms with E-state index in [4.69, 9.17) is 13.6 Å². The Labute approximate surface area is 115 Å². The maximum atomic E-state index is 12.5. The molecule has 1 fully saturated rings. The van der Waals surface area contributed by atoms with Crippen molar-refractivity contribution in [1.82, 2.24) is 0 Å². The first-order chi connectivity index (χ1) is 9.13. The Morgan fingerprint density at radius 3 is 2.47 bits per heavy atom. The van der Waals surface area contributed by atoms with Crippen molar-refractivity contribution in [2.75, 3.05) is 13.2 Å². The molecular formula is C14H23O4P. The van der Waals surface area contributed by atoms with Crippen LogP contribution in [0.3, 0.4) is 0 Å². The van der Waals surface area contributed by atoms with Gasteiger partial charge in [-0.25, -0.2) is 4.57 Å². The third-order valence-electron chi connectivity index (χ3n) is 3.76. The SMILES string of the molecule is C=CCC1=C(OP(=O)(OCC)OCC)[C@@H]2CC[C@H]1C2. The number of rotatable bonds is 8. The summed E-state index contributed by atoms with van der Waals surface area (Å²) in [6, 6.07) is 0. The maximum Gasteiger partial charge on any atom is 0.529 e. The predicted octanol–water partition coefficient (Wildman–Crippen LogP) is 4.44. The maximum absolute atomic E-state index is 12.5. The molecule has 0 unspecified atom stereocenters. The van der Waals surface area contributed by atoms with Crippen LogP contribution in [0, 0.1) is 11.8 Å². The van der Waals surface area contributed by atoms with E-state index in [2.05, 4.69) is 6.58 Å². The number of hydrogen-bond donors (Lipinski definition) is 0.